The van der Waals surface area contributed by atoms with Crippen molar-refractivity contribution < 1.29 is 8.78 Å². The van der Waals surface area contributed by atoms with E-state index in [9.17, 15) is 8.78 Å². The number of nitrogens with zero attached hydrogens (tertiary/aromatic N) is 2. The first-order chi connectivity index (χ1) is 8.94. The van der Waals surface area contributed by atoms with Crippen LogP contribution < -0.4 is 11.1 Å². The zero-order valence-electron chi connectivity index (χ0n) is 9.83. The number of nitrogens with two attached hydrogens (primary N) is 1. The highest BCUT2D eigenvalue weighted by molar-refractivity contribution is 9.10. The van der Waals surface area contributed by atoms with Gasteiger partial charge in [0.2, 0.25) is 5.95 Å². The van der Waals surface area contributed by atoms with Crippen LogP contribution in [0.5, 0.6) is 0 Å². The molecule has 7 heteroatoms. The molecule has 0 bridgehead atoms. The van der Waals surface area contributed by atoms with Crippen molar-refractivity contribution in [2.45, 2.75) is 24.8 Å². The summed E-state index contributed by atoms with van der Waals surface area (Å²) in [5.74, 6) is -1.95. The summed E-state index contributed by atoms with van der Waals surface area (Å²) >= 11 is 3.39. The second-order valence-electron chi connectivity index (χ2n) is 4.67. The van der Waals surface area contributed by atoms with Gasteiger partial charge in [-0.25, -0.2) is 13.8 Å². The lowest BCUT2D eigenvalue weighted by Gasteiger charge is -2.35. The van der Waals surface area contributed by atoms with Crippen LogP contribution in [-0.4, -0.2) is 21.9 Å². The number of alkyl halides is 2. The first-order valence-electron chi connectivity index (χ1n) is 5.81. The van der Waals surface area contributed by atoms with Crippen LogP contribution >= 0.6 is 15.9 Å². The number of fused-ring (bicyclic) bond motifs is 1. The number of rotatable bonds is 2. The van der Waals surface area contributed by atoms with Gasteiger partial charge in [-0.1, -0.05) is 6.07 Å². The highest BCUT2D eigenvalue weighted by Crippen LogP contribution is 2.39. The molecule has 0 spiro atoms. The number of benzene rings is 1. The molecule has 0 atom stereocenters. The van der Waals surface area contributed by atoms with Crippen LogP contribution in [0.4, 0.5) is 20.5 Å². The second kappa shape index (κ2) is 4.26. The van der Waals surface area contributed by atoms with E-state index in [2.05, 4.69) is 31.2 Å². The molecule has 1 heterocycles. The van der Waals surface area contributed by atoms with Crippen molar-refractivity contribution in [3.63, 3.8) is 0 Å². The number of hydrogen-bond donors (Lipinski definition) is 2. The lowest BCUT2D eigenvalue weighted by atomic mass is 9.88. The molecule has 1 aliphatic carbocycles. The van der Waals surface area contributed by atoms with E-state index in [-0.39, 0.29) is 24.8 Å². The van der Waals surface area contributed by atoms with E-state index in [1.807, 2.05) is 18.2 Å². The van der Waals surface area contributed by atoms with Gasteiger partial charge in [-0.15, -0.1) is 0 Å². The largest absolute Gasteiger partial charge is 0.383 e. The number of nitrogen functional groups attached to an aromatic ring is 1. The van der Waals surface area contributed by atoms with Gasteiger partial charge in [0.1, 0.15) is 5.82 Å². The molecule has 100 valence electrons. The molecule has 1 aliphatic rings. The SMILES string of the molecule is Nc1nc(NC2CC(F)(F)C2)nc2c(Br)cccc12. The summed E-state index contributed by atoms with van der Waals surface area (Å²) in [7, 11) is 0. The lowest BCUT2D eigenvalue weighted by Crippen LogP contribution is -2.44. The molecule has 19 heavy (non-hydrogen) atoms. The second-order valence-corrected chi connectivity index (χ2v) is 5.53. The van der Waals surface area contributed by atoms with Gasteiger partial charge in [0, 0.05) is 28.7 Å². The van der Waals surface area contributed by atoms with Crippen LogP contribution in [0.15, 0.2) is 22.7 Å². The third-order valence-corrected chi connectivity index (χ3v) is 3.77. The minimum Gasteiger partial charge on any atom is -0.383 e. The Hall–Kier alpha value is -1.50. The molecule has 3 N–H and O–H groups in total. The fraction of sp³-hybridized carbons (Fsp3) is 0.333. The zero-order chi connectivity index (χ0) is 13.6. The summed E-state index contributed by atoms with van der Waals surface area (Å²) in [4.78, 5) is 8.41. The van der Waals surface area contributed by atoms with Crippen LogP contribution in [0.3, 0.4) is 0 Å². The maximum absolute atomic E-state index is 12.8. The first-order valence-corrected chi connectivity index (χ1v) is 6.60. The fourth-order valence-electron chi connectivity index (χ4n) is 2.15. The summed E-state index contributed by atoms with van der Waals surface area (Å²) in [6, 6.07) is 5.20. The maximum Gasteiger partial charge on any atom is 0.252 e. The van der Waals surface area contributed by atoms with Crippen molar-refractivity contribution >= 4 is 38.6 Å². The van der Waals surface area contributed by atoms with Crippen LogP contribution in [0.1, 0.15) is 12.8 Å². The minimum atomic E-state index is -2.57. The van der Waals surface area contributed by atoms with Gasteiger partial charge >= 0.3 is 0 Å². The van der Waals surface area contributed by atoms with Crippen molar-refractivity contribution in [2.75, 3.05) is 11.1 Å². The highest BCUT2D eigenvalue weighted by Gasteiger charge is 2.45. The van der Waals surface area contributed by atoms with Crippen LogP contribution in [0.25, 0.3) is 10.9 Å². The number of nitrogens with one attached hydrogen (secondary N) is 1. The molecule has 0 aliphatic heterocycles. The molecule has 0 unspecified atom stereocenters. The predicted molar refractivity (Wildman–Crippen MR) is 73.2 cm³/mol. The summed E-state index contributed by atoms with van der Waals surface area (Å²) < 4.78 is 26.3. The molecule has 2 aromatic rings. The summed E-state index contributed by atoms with van der Waals surface area (Å²) in [5, 5.41) is 3.63. The molecule has 3 rings (SSSR count). The van der Waals surface area contributed by atoms with E-state index in [0.717, 1.165) is 9.86 Å². The average molecular weight is 329 g/mol. The van der Waals surface area contributed by atoms with Gasteiger partial charge in [0.15, 0.2) is 0 Å². The summed E-state index contributed by atoms with van der Waals surface area (Å²) in [5.41, 5.74) is 6.52. The Morgan fingerprint density at radius 2 is 2.05 bits per heavy atom. The van der Waals surface area contributed by atoms with Gasteiger partial charge in [-0.3, -0.25) is 0 Å². The third-order valence-electron chi connectivity index (χ3n) is 3.13. The van der Waals surface area contributed by atoms with Gasteiger partial charge in [0.25, 0.3) is 5.92 Å². The molecular weight excluding hydrogens is 318 g/mol. The Labute approximate surface area is 116 Å². The van der Waals surface area contributed by atoms with Crippen LogP contribution in [-0.2, 0) is 0 Å². The molecular formula is C12H11BrF2N4. The minimum absolute atomic E-state index is 0.190. The summed E-state index contributed by atoms with van der Waals surface area (Å²) in [6.07, 6.45) is -0.380. The smallest absolute Gasteiger partial charge is 0.252 e. The quantitative estimate of drug-likeness (QED) is 0.888. The van der Waals surface area contributed by atoms with Crippen molar-refractivity contribution in [3.8, 4) is 0 Å². The Morgan fingerprint density at radius 1 is 1.32 bits per heavy atom. The Bertz CT molecular complexity index is 639. The number of aromatic nitrogens is 2. The average Bonchev–Trinajstić information content (AvgIpc) is 2.28. The number of halogens is 3. The maximum atomic E-state index is 12.8. The van der Waals surface area contributed by atoms with Gasteiger partial charge < -0.3 is 11.1 Å². The Balaban J connectivity index is 1.91. The summed E-state index contributed by atoms with van der Waals surface area (Å²) in [6.45, 7) is 0. The van der Waals surface area contributed by atoms with Crippen LogP contribution in [0, 0.1) is 0 Å². The molecule has 0 radical (unpaired) electrons. The van der Waals surface area contributed by atoms with Crippen molar-refractivity contribution in [1.82, 2.24) is 9.97 Å². The number of anilines is 2. The van der Waals surface area contributed by atoms with Crippen LogP contribution in [0.2, 0.25) is 0 Å². The zero-order valence-corrected chi connectivity index (χ0v) is 11.4. The molecule has 1 saturated carbocycles. The molecule has 0 saturated heterocycles. The van der Waals surface area contributed by atoms with Gasteiger partial charge in [-0.05, 0) is 28.1 Å². The van der Waals surface area contributed by atoms with E-state index in [4.69, 9.17) is 5.73 Å². The van der Waals surface area contributed by atoms with Crippen molar-refractivity contribution in [3.05, 3.63) is 22.7 Å². The predicted octanol–water partition coefficient (Wildman–Crippen LogP) is 3.18. The Morgan fingerprint density at radius 3 is 2.74 bits per heavy atom. The van der Waals surface area contributed by atoms with E-state index < -0.39 is 5.92 Å². The van der Waals surface area contributed by atoms with E-state index in [1.165, 1.54) is 0 Å². The lowest BCUT2D eigenvalue weighted by molar-refractivity contribution is -0.0794. The molecule has 1 aromatic carbocycles. The molecule has 0 amide bonds. The molecule has 1 fully saturated rings. The first kappa shape index (κ1) is 12.5. The molecule has 1 aromatic heterocycles. The van der Waals surface area contributed by atoms with Gasteiger partial charge in [-0.2, -0.15) is 4.98 Å². The monoisotopic (exact) mass is 328 g/mol. The standard InChI is InChI=1S/C12H11BrF2N4/c13-8-3-1-2-7-9(8)18-11(19-10(7)16)17-6-4-12(14,15)5-6/h1-3,6H,4-5H2,(H3,16,17,18,19). The molecule has 4 nitrogen and oxygen atoms in total. The highest BCUT2D eigenvalue weighted by atomic mass is 79.9. The van der Waals surface area contributed by atoms with E-state index in [1.54, 1.807) is 0 Å². The van der Waals surface area contributed by atoms with Gasteiger partial charge in [0.05, 0.1) is 5.52 Å². The normalized spacial score (nSPS) is 18.3. The fourth-order valence-corrected chi connectivity index (χ4v) is 2.61. The van der Waals surface area contributed by atoms with E-state index >= 15 is 0 Å². The van der Waals surface area contributed by atoms with Crippen molar-refractivity contribution in [1.29, 1.82) is 0 Å². The third kappa shape index (κ3) is 2.34. The number of hydrogen-bond acceptors (Lipinski definition) is 4. The van der Waals surface area contributed by atoms with Crippen molar-refractivity contribution in [2.24, 2.45) is 0 Å². The Kier molecular flexibility index (Phi) is 2.81. The number of para-hydroxylation sites is 1. The van der Waals surface area contributed by atoms with E-state index in [0.29, 0.717) is 11.3 Å². The topological polar surface area (TPSA) is 63.8 Å².